The Labute approximate surface area is 78.4 Å². The standard InChI is InChI=1S/C10H16O3/c1-3-8(7(2)10(11)12)6-9-4-5-13-9/h9H,3-6H2,1-2H3,(H,11,12). The summed E-state index contributed by atoms with van der Waals surface area (Å²) in [5, 5.41) is 8.79. The molecule has 0 radical (unpaired) electrons. The van der Waals surface area contributed by atoms with Gasteiger partial charge in [-0.2, -0.15) is 0 Å². The minimum atomic E-state index is -0.809. The van der Waals surface area contributed by atoms with Crippen molar-refractivity contribution in [2.45, 2.75) is 39.2 Å². The lowest BCUT2D eigenvalue weighted by Gasteiger charge is -2.27. The van der Waals surface area contributed by atoms with Gasteiger partial charge in [0.15, 0.2) is 0 Å². The van der Waals surface area contributed by atoms with E-state index < -0.39 is 5.97 Å². The van der Waals surface area contributed by atoms with E-state index in [0.29, 0.717) is 5.57 Å². The molecule has 0 aromatic rings. The first-order valence-corrected chi connectivity index (χ1v) is 4.68. The number of aliphatic carboxylic acids is 1. The molecule has 0 bridgehead atoms. The van der Waals surface area contributed by atoms with Crippen LogP contribution in [0.2, 0.25) is 0 Å². The first-order chi connectivity index (χ1) is 6.15. The summed E-state index contributed by atoms with van der Waals surface area (Å²) in [5.74, 6) is -0.809. The van der Waals surface area contributed by atoms with Crippen LogP contribution >= 0.6 is 0 Å². The largest absolute Gasteiger partial charge is 0.478 e. The van der Waals surface area contributed by atoms with Gasteiger partial charge in [0.25, 0.3) is 0 Å². The lowest BCUT2D eigenvalue weighted by molar-refractivity contribution is -0.132. The van der Waals surface area contributed by atoms with Gasteiger partial charge in [-0.3, -0.25) is 0 Å². The van der Waals surface area contributed by atoms with Crippen LogP contribution in [-0.2, 0) is 9.53 Å². The van der Waals surface area contributed by atoms with Gasteiger partial charge in [0.2, 0.25) is 0 Å². The lowest BCUT2D eigenvalue weighted by Crippen LogP contribution is -2.27. The van der Waals surface area contributed by atoms with Crippen LogP contribution in [0.15, 0.2) is 11.1 Å². The zero-order valence-corrected chi connectivity index (χ0v) is 8.17. The molecule has 1 saturated heterocycles. The molecule has 0 spiro atoms. The van der Waals surface area contributed by atoms with Crippen molar-refractivity contribution in [2.75, 3.05) is 6.61 Å². The molecule has 0 saturated carbocycles. The highest BCUT2D eigenvalue weighted by Gasteiger charge is 2.20. The van der Waals surface area contributed by atoms with Crippen LogP contribution in [0.3, 0.4) is 0 Å². The van der Waals surface area contributed by atoms with Crippen molar-refractivity contribution in [1.82, 2.24) is 0 Å². The van der Waals surface area contributed by atoms with Crippen molar-refractivity contribution in [3.05, 3.63) is 11.1 Å². The maximum absolute atomic E-state index is 10.7. The van der Waals surface area contributed by atoms with Gasteiger partial charge in [-0.1, -0.05) is 12.5 Å². The molecule has 1 N–H and O–H groups in total. The second kappa shape index (κ2) is 4.42. The summed E-state index contributed by atoms with van der Waals surface area (Å²) in [7, 11) is 0. The van der Waals surface area contributed by atoms with Crippen molar-refractivity contribution in [3.8, 4) is 0 Å². The quantitative estimate of drug-likeness (QED) is 0.679. The molecule has 1 fully saturated rings. The van der Waals surface area contributed by atoms with Crippen LogP contribution in [0.5, 0.6) is 0 Å². The average molecular weight is 184 g/mol. The molecular formula is C10H16O3. The van der Waals surface area contributed by atoms with Gasteiger partial charge in [-0.05, 0) is 26.2 Å². The summed E-state index contributed by atoms with van der Waals surface area (Å²) in [6, 6.07) is 0. The Bertz CT molecular complexity index is 226. The molecule has 1 aliphatic rings. The molecule has 1 unspecified atom stereocenters. The molecule has 3 heteroatoms. The second-order valence-electron chi connectivity index (χ2n) is 3.37. The fraction of sp³-hybridized carbons (Fsp3) is 0.700. The Morgan fingerprint density at radius 3 is 2.54 bits per heavy atom. The van der Waals surface area contributed by atoms with Crippen molar-refractivity contribution < 1.29 is 14.6 Å². The van der Waals surface area contributed by atoms with Crippen molar-refractivity contribution in [1.29, 1.82) is 0 Å². The summed E-state index contributed by atoms with van der Waals surface area (Å²) < 4.78 is 5.27. The van der Waals surface area contributed by atoms with Gasteiger partial charge in [0.1, 0.15) is 0 Å². The van der Waals surface area contributed by atoms with Crippen LogP contribution in [0.4, 0.5) is 0 Å². The van der Waals surface area contributed by atoms with Gasteiger partial charge in [-0.15, -0.1) is 0 Å². The van der Waals surface area contributed by atoms with E-state index in [4.69, 9.17) is 9.84 Å². The zero-order chi connectivity index (χ0) is 9.84. The monoisotopic (exact) mass is 184 g/mol. The predicted molar refractivity (Wildman–Crippen MR) is 49.6 cm³/mol. The number of hydrogen-bond acceptors (Lipinski definition) is 2. The van der Waals surface area contributed by atoms with E-state index in [1.54, 1.807) is 6.92 Å². The van der Waals surface area contributed by atoms with Crippen molar-refractivity contribution in [3.63, 3.8) is 0 Å². The number of ether oxygens (including phenoxy) is 1. The zero-order valence-electron chi connectivity index (χ0n) is 8.17. The molecule has 1 rings (SSSR count). The number of rotatable bonds is 4. The second-order valence-corrected chi connectivity index (χ2v) is 3.37. The van der Waals surface area contributed by atoms with E-state index in [1.807, 2.05) is 6.92 Å². The highest BCUT2D eigenvalue weighted by molar-refractivity contribution is 5.86. The maximum Gasteiger partial charge on any atom is 0.331 e. The minimum absolute atomic E-state index is 0.268. The van der Waals surface area contributed by atoms with E-state index >= 15 is 0 Å². The van der Waals surface area contributed by atoms with E-state index in [1.165, 1.54) is 0 Å². The fourth-order valence-electron chi connectivity index (χ4n) is 1.43. The minimum Gasteiger partial charge on any atom is -0.478 e. The molecule has 74 valence electrons. The van der Waals surface area contributed by atoms with Crippen LogP contribution < -0.4 is 0 Å². The molecule has 1 atom stereocenters. The Balaban J connectivity index is 2.58. The third kappa shape index (κ3) is 2.56. The number of hydrogen-bond donors (Lipinski definition) is 1. The first kappa shape index (κ1) is 10.3. The topological polar surface area (TPSA) is 46.5 Å². The van der Waals surface area contributed by atoms with Gasteiger partial charge in [0, 0.05) is 12.2 Å². The van der Waals surface area contributed by atoms with Crippen LogP contribution in [0, 0.1) is 0 Å². The lowest BCUT2D eigenvalue weighted by atomic mass is 9.97. The average Bonchev–Trinajstić information content (AvgIpc) is 2.02. The molecule has 0 aliphatic carbocycles. The van der Waals surface area contributed by atoms with E-state index in [9.17, 15) is 4.79 Å². The summed E-state index contributed by atoms with van der Waals surface area (Å²) in [4.78, 5) is 10.7. The molecule has 0 aromatic carbocycles. The Morgan fingerprint density at radius 1 is 1.62 bits per heavy atom. The summed E-state index contributed by atoms with van der Waals surface area (Å²) >= 11 is 0. The highest BCUT2D eigenvalue weighted by Crippen LogP contribution is 2.23. The third-order valence-corrected chi connectivity index (χ3v) is 2.55. The Morgan fingerprint density at radius 2 is 2.23 bits per heavy atom. The molecule has 1 heterocycles. The van der Waals surface area contributed by atoms with Gasteiger partial charge < -0.3 is 9.84 Å². The maximum atomic E-state index is 10.7. The summed E-state index contributed by atoms with van der Waals surface area (Å²) in [6.45, 7) is 4.48. The molecule has 1 aliphatic heterocycles. The number of carbonyl (C=O) groups is 1. The van der Waals surface area contributed by atoms with Crippen LogP contribution in [0.25, 0.3) is 0 Å². The molecule has 0 aromatic heterocycles. The van der Waals surface area contributed by atoms with Crippen molar-refractivity contribution in [2.24, 2.45) is 0 Å². The molecule has 0 amide bonds. The molecule has 3 nitrogen and oxygen atoms in total. The highest BCUT2D eigenvalue weighted by atomic mass is 16.5. The first-order valence-electron chi connectivity index (χ1n) is 4.68. The molecule has 13 heavy (non-hydrogen) atoms. The van der Waals surface area contributed by atoms with Crippen LogP contribution in [0.1, 0.15) is 33.1 Å². The predicted octanol–water partition coefficient (Wildman–Crippen LogP) is 1.98. The third-order valence-electron chi connectivity index (χ3n) is 2.55. The smallest absolute Gasteiger partial charge is 0.331 e. The van der Waals surface area contributed by atoms with Gasteiger partial charge in [-0.25, -0.2) is 4.79 Å². The molecular weight excluding hydrogens is 168 g/mol. The van der Waals surface area contributed by atoms with Gasteiger partial charge >= 0.3 is 5.97 Å². The summed E-state index contributed by atoms with van der Waals surface area (Å²) in [6.07, 6.45) is 2.92. The SMILES string of the molecule is CCC(CC1CCO1)=C(C)C(=O)O. The van der Waals surface area contributed by atoms with Gasteiger partial charge in [0.05, 0.1) is 6.10 Å². The summed E-state index contributed by atoms with van der Waals surface area (Å²) in [5.41, 5.74) is 1.50. The van der Waals surface area contributed by atoms with E-state index in [-0.39, 0.29) is 6.10 Å². The van der Waals surface area contributed by atoms with Crippen LogP contribution in [-0.4, -0.2) is 23.8 Å². The van der Waals surface area contributed by atoms with E-state index in [0.717, 1.165) is 31.4 Å². The van der Waals surface area contributed by atoms with E-state index in [2.05, 4.69) is 0 Å². The Hall–Kier alpha value is -0.830. The fourth-order valence-corrected chi connectivity index (χ4v) is 1.43. The normalized spacial score (nSPS) is 23.4. The number of carboxylic acid groups (broad SMARTS) is 1. The van der Waals surface area contributed by atoms with Crippen molar-refractivity contribution >= 4 is 5.97 Å². The number of carboxylic acids is 1. The Kier molecular flexibility index (Phi) is 3.48.